The van der Waals surface area contributed by atoms with Crippen LogP contribution < -0.4 is 0 Å². The highest BCUT2D eigenvalue weighted by atomic mass is 79.9. The normalized spacial score (nSPS) is 11.0. The second-order valence-corrected chi connectivity index (χ2v) is 4.70. The number of rotatable bonds is 2. The van der Waals surface area contributed by atoms with Gasteiger partial charge in [0.2, 0.25) is 0 Å². The van der Waals surface area contributed by atoms with Gasteiger partial charge >= 0.3 is 0 Å². The van der Waals surface area contributed by atoms with Crippen molar-refractivity contribution in [2.75, 3.05) is 0 Å². The first-order valence-electron chi connectivity index (χ1n) is 4.54. The van der Waals surface area contributed by atoms with Crippen LogP contribution in [0.2, 0.25) is 0 Å². The van der Waals surface area contributed by atoms with Crippen LogP contribution in [0.5, 0.6) is 5.75 Å². The van der Waals surface area contributed by atoms with Gasteiger partial charge in [0.1, 0.15) is 5.75 Å². The Balaban J connectivity index is 2.71. The first-order valence-corrected chi connectivity index (χ1v) is 6.54. The van der Waals surface area contributed by atoms with Gasteiger partial charge in [-0.3, -0.25) is 0 Å². The molecule has 0 saturated carbocycles. The highest BCUT2D eigenvalue weighted by molar-refractivity contribution is 9.08. The Hall–Kier alpha value is -0.540. The number of aromatic hydroxyl groups is 1. The molecule has 14 heavy (non-hydrogen) atoms. The lowest BCUT2D eigenvalue weighted by Gasteiger charge is -2.04. The molecule has 3 heteroatoms. The zero-order valence-corrected chi connectivity index (χ0v) is 10.3. The molecule has 0 spiro atoms. The van der Waals surface area contributed by atoms with E-state index in [-0.39, 0.29) is 0 Å². The monoisotopic (exact) mass is 270 g/mol. The molecule has 0 atom stereocenters. The summed E-state index contributed by atoms with van der Waals surface area (Å²) >= 11 is 5.08. The molecule has 1 aromatic carbocycles. The summed E-state index contributed by atoms with van der Waals surface area (Å²) in [5.74, 6) is 0.404. The maximum absolute atomic E-state index is 9.59. The average molecular weight is 271 g/mol. The van der Waals surface area contributed by atoms with Gasteiger partial charge in [-0.05, 0) is 29.7 Å². The number of aryl methyl sites for hydroxylation is 1. The number of thiophene rings is 1. The quantitative estimate of drug-likeness (QED) is 0.816. The lowest BCUT2D eigenvalue weighted by Crippen LogP contribution is -1.88. The number of hydrogen-bond acceptors (Lipinski definition) is 2. The zero-order valence-electron chi connectivity index (χ0n) is 7.88. The lowest BCUT2D eigenvalue weighted by molar-refractivity contribution is 0.483. The number of alkyl halides is 1. The standard InChI is InChI=1S/C11H11BrOS/c1-2-7-3-9-10(13)6-14-11(9)4-8(7)5-12/h3-4,6,13H,2,5H2,1H3. The van der Waals surface area contributed by atoms with Crippen molar-refractivity contribution in [3.8, 4) is 5.75 Å². The summed E-state index contributed by atoms with van der Waals surface area (Å²) in [6.45, 7) is 2.14. The summed E-state index contributed by atoms with van der Waals surface area (Å²) in [4.78, 5) is 0. The van der Waals surface area contributed by atoms with E-state index in [1.54, 1.807) is 16.7 Å². The Labute approximate surface area is 95.5 Å². The van der Waals surface area contributed by atoms with Gasteiger partial charge in [-0.2, -0.15) is 0 Å². The predicted molar refractivity (Wildman–Crippen MR) is 65.5 cm³/mol. The van der Waals surface area contributed by atoms with Crippen LogP contribution in [0.25, 0.3) is 10.1 Å². The summed E-state index contributed by atoms with van der Waals surface area (Å²) in [6, 6.07) is 4.26. The number of benzene rings is 1. The van der Waals surface area contributed by atoms with Gasteiger partial charge in [-0.25, -0.2) is 0 Å². The van der Waals surface area contributed by atoms with E-state index in [1.165, 1.54) is 11.1 Å². The molecule has 1 nitrogen and oxygen atoms in total. The Morgan fingerprint density at radius 1 is 1.36 bits per heavy atom. The SMILES string of the molecule is CCc1cc2c(O)csc2cc1CBr. The van der Waals surface area contributed by atoms with Gasteiger partial charge in [0.05, 0.1) is 0 Å². The molecule has 0 saturated heterocycles. The summed E-state index contributed by atoms with van der Waals surface area (Å²) < 4.78 is 1.16. The van der Waals surface area contributed by atoms with Crippen LogP contribution in [-0.4, -0.2) is 5.11 Å². The smallest absolute Gasteiger partial charge is 0.134 e. The molecule has 1 aromatic heterocycles. The van der Waals surface area contributed by atoms with Gasteiger partial charge in [-0.15, -0.1) is 11.3 Å². The molecule has 0 amide bonds. The number of halogens is 1. The second kappa shape index (κ2) is 3.91. The maximum atomic E-state index is 9.59. The molecule has 0 aliphatic rings. The van der Waals surface area contributed by atoms with Crippen LogP contribution in [0, 0.1) is 0 Å². The minimum Gasteiger partial charge on any atom is -0.506 e. The third kappa shape index (κ3) is 1.55. The third-order valence-corrected chi connectivity index (χ3v) is 3.94. The van der Waals surface area contributed by atoms with E-state index in [9.17, 15) is 5.11 Å². The largest absolute Gasteiger partial charge is 0.506 e. The summed E-state index contributed by atoms with van der Waals surface area (Å²) in [5, 5.41) is 13.2. The van der Waals surface area contributed by atoms with Crippen molar-refractivity contribution in [1.29, 1.82) is 0 Å². The Morgan fingerprint density at radius 3 is 2.79 bits per heavy atom. The Kier molecular flexibility index (Phi) is 2.79. The van der Waals surface area contributed by atoms with Crippen molar-refractivity contribution in [3.05, 3.63) is 28.6 Å². The molecule has 2 rings (SSSR count). The lowest BCUT2D eigenvalue weighted by atomic mass is 10.0. The molecule has 0 unspecified atom stereocenters. The van der Waals surface area contributed by atoms with E-state index in [0.717, 1.165) is 21.8 Å². The van der Waals surface area contributed by atoms with Crippen LogP contribution >= 0.6 is 27.3 Å². The molecule has 1 N–H and O–H groups in total. The summed E-state index contributed by atoms with van der Waals surface area (Å²) in [5.41, 5.74) is 2.63. The second-order valence-electron chi connectivity index (χ2n) is 3.23. The van der Waals surface area contributed by atoms with Gasteiger partial charge in [0, 0.05) is 20.8 Å². The molecular formula is C11H11BrOS. The van der Waals surface area contributed by atoms with E-state index in [0.29, 0.717) is 5.75 Å². The van der Waals surface area contributed by atoms with Crippen molar-refractivity contribution >= 4 is 37.4 Å². The fourth-order valence-electron chi connectivity index (χ4n) is 1.60. The van der Waals surface area contributed by atoms with Gasteiger partial charge in [0.15, 0.2) is 0 Å². The van der Waals surface area contributed by atoms with Crippen molar-refractivity contribution < 1.29 is 5.11 Å². The van der Waals surface area contributed by atoms with Crippen molar-refractivity contribution in [2.24, 2.45) is 0 Å². The fraction of sp³-hybridized carbons (Fsp3) is 0.273. The Bertz CT molecular complexity index is 462. The van der Waals surface area contributed by atoms with Crippen LogP contribution in [0.3, 0.4) is 0 Å². The minimum atomic E-state index is 0.404. The molecular weight excluding hydrogens is 260 g/mol. The number of hydrogen-bond donors (Lipinski definition) is 1. The van der Waals surface area contributed by atoms with Crippen molar-refractivity contribution in [1.82, 2.24) is 0 Å². The zero-order chi connectivity index (χ0) is 10.1. The highest BCUT2D eigenvalue weighted by Gasteiger charge is 2.07. The first-order chi connectivity index (χ1) is 6.76. The summed E-state index contributed by atoms with van der Waals surface area (Å²) in [6.07, 6.45) is 1.01. The predicted octanol–water partition coefficient (Wildman–Crippen LogP) is 4.06. The number of fused-ring (bicyclic) bond motifs is 1. The molecule has 0 fully saturated rings. The van der Waals surface area contributed by atoms with Crippen LogP contribution in [0.15, 0.2) is 17.5 Å². The molecule has 1 heterocycles. The topological polar surface area (TPSA) is 20.2 Å². The van der Waals surface area contributed by atoms with Crippen LogP contribution in [0.1, 0.15) is 18.1 Å². The van der Waals surface area contributed by atoms with E-state index in [4.69, 9.17) is 0 Å². The van der Waals surface area contributed by atoms with Crippen molar-refractivity contribution in [2.45, 2.75) is 18.7 Å². The average Bonchev–Trinajstić information content (AvgIpc) is 2.58. The van der Waals surface area contributed by atoms with E-state index in [2.05, 4.69) is 35.0 Å². The molecule has 0 bridgehead atoms. The van der Waals surface area contributed by atoms with E-state index < -0.39 is 0 Å². The molecule has 74 valence electrons. The van der Waals surface area contributed by atoms with Crippen LogP contribution in [-0.2, 0) is 11.8 Å². The Morgan fingerprint density at radius 2 is 2.14 bits per heavy atom. The van der Waals surface area contributed by atoms with Gasteiger partial charge in [0.25, 0.3) is 0 Å². The summed E-state index contributed by atoms with van der Waals surface area (Å²) in [7, 11) is 0. The first kappa shape index (κ1) is 9.99. The fourth-order valence-corrected chi connectivity index (χ4v) is 2.99. The van der Waals surface area contributed by atoms with Crippen molar-refractivity contribution in [3.63, 3.8) is 0 Å². The van der Waals surface area contributed by atoms with E-state index >= 15 is 0 Å². The minimum absolute atomic E-state index is 0.404. The molecule has 2 aromatic rings. The van der Waals surface area contributed by atoms with Gasteiger partial charge < -0.3 is 5.11 Å². The van der Waals surface area contributed by atoms with Gasteiger partial charge in [-0.1, -0.05) is 22.9 Å². The highest BCUT2D eigenvalue weighted by Crippen LogP contribution is 2.34. The molecule has 0 aliphatic carbocycles. The van der Waals surface area contributed by atoms with E-state index in [1.807, 2.05) is 0 Å². The third-order valence-electron chi connectivity index (χ3n) is 2.40. The molecule has 0 radical (unpaired) electrons. The van der Waals surface area contributed by atoms with Crippen LogP contribution in [0.4, 0.5) is 0 Å². The molecule has 0 aliphatic heterocycles. The maximum Gasteiger partial charge on any atom is 0.134 e.